The molecule has 2 aliphatic heterocycles. The normalized spacial score (nSPS) is 23.1. The van der Waals surface area contributed by atoms with Crippen LogP contribution in [0.2, 0.25) is 0 Å². The van der Waals surface area contributed by atoms with Crippen molar-refractivity contribution >= 4 is 5.78 Å². The molecule has 6 heteroatoms. The van der Waals surface area contributed by atoms with Crippen LogP contribution in [0.5, 0.6) is 11.5 Å². The molecule has 0 aromatic heterocycles. The van der Waals surface area contributed by atoms with Crippen molar-refractivity contribution in [2.24, 2.45) is 5.92 Å². The highest BCUT2D eigenvalue weighted by molar-refractivity contribution is 6.03. The zero-order chi connectivity index (χ0) is 19.3. The van der Waals surface area contributed by atoms with Crippen molar-refractivity contribution in [2.75, 3.05) is 26.4 Å². The molecule has 1 aliphatic carbocycles. The molecule has 1 unspecified atom stereocenters. The van der Waals surface area contributed by atoms with Crippen LogP contribution in [-0.4, -0.2) is 42.2 Å². The molecule has 0 spiro atoms. The Balaban J connectivity index is 1.24. The van der Waals surface area contributed by atoms with Crippen molar-refractivity contribution in [1.29, 1.82) is 0 Å². The lowest BCUT2D eigenvalue weighted by molar-refractivity contribution is -0.0279. The number of rotatable bonds is 3. The monoisotopic (exact) mass is 383 g/mol. The molecule has 5 nitrogen and oxygen atoms in total. The van der Waals surface area contributed by atoms with E-state index in [2.05, 4.69) is 4.90 Å². The Hall–Kier alpha value is -2.44. The minimum atomic E-state index is -0.928. The smallest absolute Gasteiger partial charge is 0.231 e. The van der Waals surface area contributed by atoms with E-state index in [0.717, 1.165) is 22.4 Å². The molecule has 1 N–H and O–H groups in total. The largest absolute Gasteiger partial charge is 0.454 e. The lowest BCUT2D eigenvalue weighted by atomic mass is 9.84. The Morgan fingerprint density at radius 3 is 2.50 bits per heavy atom. The third-order valence-electron chi connectivity index (χ3n) is 6.24. The van der Waals surface area contributed by atoms with Gasteiger partial charge in [0.2, 0.25) is 6.79 Å². The van der Waals surface area contributed by atoms with Crippen LogP contribution in [0.4, 0.5) is 4.39 Å². The average molecular weight is 383 g/mol. The minimum absolute atomic E-state index is 0.0745. The lowest BCUT2D eigenvalue weighted by Crippen LogP contribution is -2.44. The number of likely N-dealkylation sites (tertiary alicyclic amines) is 1. The van der Waals surface area contributed by atoms with Crippen LogP contribution in [-0.2, 0) is 12.0 Å². The Morgan fingerprint density at radius 1 is 1.11 bits per heavy atom. The van der Waals surface area contributed by atoms with Gasteiger partial charge in [0.05, 0.1) is 5.60 Å². The second-order valence-electron chi connectivity index (χ2n) is 7.97. The van der Waals surface area contributed by atoms with Crippen LogP contribution in [0.25, 0.3) is 0 Å². The van der Waals surface area contributed by atoms with Gasteiger partial charge in [-0.25, -0.2) is 4.39 Å². The third kappa shape index (κ3) is 2.97. The quantitative estimate of drug-likeness (QED) is 0.883. The fourth-order valence-electron chi connectivity index (χ4n) is 4.57. The number of piperidine rings is 1. The van der Waals surface area contributed by atoms with Gasteiger partial charge in [-0.3, -0.25) is 4.79 Å². The van der Waals surface area contributed by atoms with E-state index in [4.69, 9.17) is 9.47 Å². The van der Waals surface area contributed by atoms with Gasteiger partial charge in [-0.05, 0) is 54.7 Å². The fourth-order valence-corrected chi connectivity index (χ4v) is 4.57. The summed E-state index contributed by atoms with van der Waals surface area (Å²) >= 11 is 0. The maximum Gasteiger partial charge on any atom is 0.231 e. The molecule has 146 valence electrons. The highest BCUT2D eigenvalue weighted by atomic mass is 19.1. The van der Waals surface area contributed by atoms with Crippen LogP contribution < -0.4 is 9.47 Å². The summed E-state index contributed by atoms with van der Waals surface area (Å²) in [6, 6.07) is 9.83. The molecule has 1 fully saturated rings. The number of ketones is 1. The van der Waals surface area contributed by atoms with E-state index in [1.54, 1.807) is 12.1 Å². The SMILES string of the molecule is O=C1c2cc3c(cc2CC1CN1CCC(O)(c2ccc(F)cc2)CC1)OCO3. The van der Waals surface area contributed by atoms with Gasteiger partial charge in [0, 0.05) is 31.1 Å². The Morgan fingerprint density at radius 2 is 1.79 bits per heavy atom. The molecule has 0 bridgehead atoms. The Kier molecular flexibility index (Phi) is 4.14. The number of halogens is 1. The molecule has 2 aromatic carbocycles. The van der Waals surface area contributed by atoms with Gasteiger partial charge in [0.15, 0.2) is 17.3 Å². The van der Waals surface area contributed by atoms with E-state index in [1.165, 1.54) is 12.1 Å². The van der Waals surface area contributed by atoms with Crippen LogP contribution in [0, 0.1) is 11.7 Å². The summed E-state index contributed by atoms with van der Waals surface area (Å²) in [5.41, 5.74) is 1.60. The number of carbonyl (C=O) groups is 1. The molecular weight excluding hydrogens is 361 g/mol. The first-order valence-electron chi connectivity index (χ1n) is 9.69. The number of nitrogens with zero attached hydrogens (tertiary/aromatic N) is 1. The number of Topliss-reactive ketones (excluding diaryl/α,β-unsaturated/α-hetero) is 1. The second-order valence-corrected chi connectivity index (χ2v) is 7.97. The van der Waals surface area contributed by atoms with Gasteiger partial charge in [0.1, 0.15) is 5.82 Å². The van der Waals surface area contributed by atoms with Gasteiger partial charge in [0.25, 0.3) is 0 Å². The second kappa shape index (κ2) is 6.57. The number of ether oxygens (including phenoxy) is 2. The van der Waals surface area contributed by atoms with Crippen molar-refractivity contribution in [2.45, 2.75) is 24.9 Å². The molecule has 5 rings (SSSR count). The first kappa shape index (κ1) is 17.6. The molecule has 1 saturated heterocycles. The van der Waals surface area contributed by atoms with Gasteiger partial charge in [-0.15, -0.1) is 0 Å². The lowest BCUT2D eigenvalue weighted by Gasteiger charge is -2.39. The van der Waals surface area contributed by atoms with Crippen LogP contribution >= 0.6 is 0 Å². The van der Waals surface area contributed by atoms with Gasteiger partial charge in [-0.2, -0.15) is 0 Å². The van der Waals surface area contributed by atoms with Crippen molar-refractivity contribution in [1.82, 2.24) is 4.90 Å². The molecule has 2 aromatic rings. The van der Waals surface area contributed by atoms with E-state index < -0.39 is 5.60 Å². The fraction of sp³-hybridized carbons (Fsp3) is 0.409. The standard InChI is InChI=1S/C22H22FNO4/c23-17-3-1-16(2-4-17)22(26)5-7-24(8-6-22)12-15-9-14-10-19-20(28-13-27-19)11-18(14)21(15)25/h1-4,10-11,15,26H,5-9,12-13H2. The number of carbonyl (C=O) groups excluding carboxylic acids is 1. The molecule has 0 radical (unpaired) electrons. The van der Waals surface area contributed by atoms with Crippen LogP contribution in [0.3, 0.4) is 0 Å². The van der Waals surface area contributed by atoms with Gasteiger partial charge >= 0.3 is 0 Å². The molecule has 3 aliphatic rings. The van der Waals surface area contributed by atoms with Gasteiger partial charge in [-0.1, -0.05) is 12.1 Å². The topological polar surface area (TPSA) is 59.0 Å². The number of hydrogen-bond acceptors (Lipinski definition) is 5. The predicted molar refractivity (Wildman–Crippen MR) is 100 cm³/mol. The molecule has 1 atom stereocenters. The third-order valence-corrected chi connectivity index (χ3v) is 6.24. The molecule has 0 amide bonds. The molecule has 2 heterocycles. The van der Waals surface area contributed by atoms with E-state index in [9.17, 15) is 14.3 Å². The summed E-state index contributed by atoms with van der Waals surface area (Å²) in [5.74, 6) is 1.15. The van der Waals surface area contributed by atoms with E-state index >= 15 is 0 Å². The summed E-state index contributed by atoms with van der Waals surface area (Å²) in [7, 11) is 0. The van der Waals surface area contributed by atoms with Crippen molar-refractivity contribution in [3.63, 3.8) is 0 Å². The minimum Gasteiger partial charge on any atom is -0.454 e. The number of fused-ring (bicyclic) bond motifs is 2. The van der Waals surface area contributed by atoms with E-state index in [0.29, 0.717) is 44.6 Å². The summed E-state index contributed by atoms with van der Waals surface area (Å²) in [6.45, 7) is 2.30. The zero-order valence-electron chi connectivity index (χ0n) is 15.5. The van der Waals surface area contributed by atoms with Crippen molar-refractivity contribution in [3.8, 4) is 11.5 Å². The highest BCUT2D eigenvalue weighted by Gasteiger charge is 2.38. The molecule has 28 heavy (non-hydrogen) atoms. The van der Waals surface area contributed by atoms with E-state index in [1.807, 2.05) is 12.1 Å². The van der Waals surface area contributed by atoms with E-state index in [-0.39, 0.29) is 24.3 Å². The summed E-state index contributed by atoms with van der Waals surface area (Å²) < 4.78 is 24.0. The zero-order valence-corrected chi connectivity index (χ0v) is 15.5. The number of hydrogen-bond donors (Lipinski definition) is 1. The summed E-state index contributed by atoms with van der Waals surface area (Å²) in [5, 5.41) is 11.0. The van der Waals surface area contributed by atoms with Crippen molar-refractivity contribution < 1.29 is 23.8 Å². The maximum absolute atomic E-state index is 13.2. The number of benzene rings is 2. The highest BCUT2D eigenvalue weighted by Crippen LogP contribution is 2.40. The average Bonchev–Trinajstić information content (AvgIpc) is 3.27. The summed E-state index contributed by atoms with van der Waals surface area (Å²) in [4.78, 5) is 15.1. The van der Waals surface area contributed by atoms with Crippen molar-refractivity contribution in [3.05, 3.63) is 58.9 Å². The van der Waals surface area contributed by atoms with Gasteiger partial charge < -0.3 is 19.5 Å². The number of aliphatic hydroxyl groups is 1. The molecule has 0 saturated carbocycles. The Bertz CT molecular complexity index is 919. The first-order chi connectivity index (χ1) is 13.5. The molecular formula is C22H22FNO4. The van der Waals surface area contributed by atoms with Crippen LogP contribution in [0.1, 0.15) is 34.3 Å². The maximum atomic E-state index is 13.2. The Labute approximate surface area is 162 Å². The first-order valence-corrected chi connectivity index (χ1v) is 9.69. The van der Waals surface area contributed by atoms with Crippen LogP contribution in [0.15, 0.2) is 36.4 Å². The predicted octanol–water partition coefficient (Wildman–Crippen LogP) is 2.89. The summed E-state index contributed by atoms with van der Waals surface area (Å²) in [6.07, 6.45) is 1.86.